The molecule has 0 fully saturated rings. The van der Waals surface area contributed by atoms with Crippen molar-refractivity contribution >= 4 is 18.0 Å². The highest BCUT2D eigenvalue weighted by molar-refractivity contribution is 5.92. The second-order valence-corrected chi connectivity index (χ2v) is 6.54. The Morgan fingerprint density at radius 2 is 1.96 bits per heavy atom. The third kappa shape index (κ3) is 4.39. The van der Waals surface area contributed by atoms with E-state index in [4.69, 9.17) is 14.2 Å². The van der Waals surface area contributed by atoms with Crippen molar-refractivity contribution in [3.05, 3.63) is 52.6 Å². The normalized spacial score (nSPS) is 12.4. The Balaban J connectivity index is 1.69. The summed E-state index contributed by atoms with van der Waals surface area (Å²) in [6, 6.07) is 9.25. The number of hydrogen-bond acceptors (Lipinski definition) is 5. The average molecular weight is 368 g/mol. The van der Waals surface area contributed by atoms with Crippen LogP contribution in [0.2, 0.25) is 0 Å². The first-order valence-electron chi connectivity index (χ1n) is 8.89. The zero-order valence-electron chi connectivity index (χ0n) is 16.1. The van der Waals surface area contributed by atoms with Gasteiger partial charge in [0, 0.05) is 13.6 Å². The minimum Gasteiger partial charge on any atom is -0.457 e. The van der Waals surface area contributed by atoms with E-state index < -0.39 is 0 Å². The molecule has 6 heteroatoms. The summed E-state index contributed by atoms with van der Waals surface area (Å²) in [6.07, 6.45) is 1.79. The fourth-order valence-corrected chi connectivity index (χ4v) is 2.66. The number of esters is 1. The van der Waals surface area contributed by atoms with Gasteiger partial charge >= 0.3 is 5.97 Å². The molecule has 1 aliphatic rings. The summed E-state index contributed by atoms with van der Waals surface area (Å²) in [5.41, 5.74) is 4.01. The highest BCUT2D eigenvalue weighted by atomic mass is 16.7. The molecular formula is C21H24N2O4. The van der Waals surface area contributed by atoms with Crippen molar-refractivity contribution in [2.45, 2.75) is 27.4 Å². The highest BCUT2D eigenvalue weighted by Gasteiger charge is 2.16. The molecule has 142 valence electrons. The van der Waals surface area contributed by atoms with Crippen LogP contribution in [-0.4, -0.2) is 37.6 Å². The fraction of sp³-hybridized carbons (Fsp3) is 0.333. The van der Waals surface area contributed by atoms with Crippen LogP contribution in [0, 0.1) is 13.8 Å². The maximum atomic E-state index is 12.5. The number of aliphatic imine (C=N–C) groups is 1. The van der Waals surface area contributed by atoms with E-state index in [9.17, 15) is 4.79 Å². The molecule has 0 aliphatic carbocycles. The maximum absolute atomic E-state index is 12.5. The summed E-state index contributed by atoms with van der Waals surface area (Å²) in [7, 11) is 1.97. The van der Waals surface area contributed by atoms with Crippen LogP contribution in [0.5, 0.6) is 11.5 Å². The van der Waals surface area contributed by atoms with E-state index >= 15 is 0 Å². The molecule has 0 saturated heterocycles. The minimum atomic E-state index is -0.352. The van der Waals surface area contributed by atoms with Crippen molar-refractivity contribution in [3.63, 3.8) is 0 Å². The molecule has 6 nitrogen and oxygen atoms in total. The third-order valence-corrected chi connectivity index (χ3v) is 4.46. The molecule has 0 aromatic heterocycles. The number of aryl methyl sites for hydroxylation is 2. The molecule has 0 N–H and O–H groups in total. The van der Waals surface area contributed by atoms with E-state index in [1.807, 2.05) is 56.1 Å². The molecule has 0 unspecified atom stereocenters. The van der Waals surface area contributed by atoms with Crippen LogP contribution in [-0.2, 0) is 11.3 Å². The molecule has 0 saturated carbocycles. The predicted octanol–water partition coefficient (Wildman–Crippen LogP) is 4.00. The number of fused-ring (bicyclic) bond motifs is 1. The second kappa shape index (κ2) is 8.12. The lowest BCUT2D eigenvalue weighted by atomic mass is 10.0. The Morgan fingerprint density at radius 1 is 1.19 bits per heavy atom. The number of carbonyl (C=O) groups is 1. The maximum Gasteiger partial charge on any atom is 0.338 e. The van der Waals surface area contributed by atoms with Gasteiger partial charge in [-0.3, -0.25) is 0 Å². The first kappa shape index (κ1) is 18.8. The number of rotatable bonds is 6. The van der Waals surface area contributed by atoms with Gasteiger partial charge in [-0.25, -0.2) is 9.79 Å². The summed E-state index contributed by atoms with van der Waals surface area (Å²) in [6.45, 7) is 7.16. The van der Waals surface area contributed by atoms with Crippen molar-refractivity contribution in [1.29, 1.82) is 0 Å². The lowest BCUT2D eigenvalue weighted by Gasteiger charge is -2.12. The van der Waals surface area contributed by atoms with E-state index in [2.05, 4.69) is 11.9 Å². The minimum absolute atomic E-state index is 0.176. The second-order valence-electron chi connectivity index (χ2n) is 6.54. The van der Waals surface area contributed by atoms with Crippen LogP contribution in [0.3, 0.4) is 0 Å². The molecule has 3 rings (SSSR count). The summed E-state index contributed by atoms with van der Waals surface area (Å²) in [5, 5.41) is 0. The quantitative estimate of drug-likeness (QED) is 0.438. The van der Waals surface area contributed by atoms with Crippen LogP contribution in [0.4, 0.5) is 5.69 Å². The Kier molecular flexibility index (Phi) is 5.64. The van der Waals surface area contributed by atoms with Crippen molar-refractivity contribution in [2.75, 3.05) is 20.4 Å². The zero-order chi connectivity index (χ0) is 19.4. The Bertz CT molecular complexity index is 877. The lowest BCUT2D eigenvalue weighted by Crippen LogP contribution is -2.14. The van der Waals surface area contributed by atoms with Crippen LogP contribution >= 0.6 is 0 Å². The molecular weight excluding hydrogens is 344 g/mol. The molecule has 1 aliphatic heterocycles. The van der Waals surface area contributed by atoms with E-state index in [1.165, 1.54) is 0 Å². The number of hydrogen-bond donors (Lipinski definition) is 0. The topological polar surface area (TPSA) is 60.4 Å². The lowest BCUT2D eigenvalue weighted by molar-refractivity contribution is 0.0471. The Morgan fingerprint density at radius 3 is 2.74 bits per heavy atom. The first-order chi connectivity index (χ1) is 13.0. The Labute approximate surface area is 159 Å². The van der Waals surface area contributed by atoms with E-state index in [-0.39, 0.29) is 19.4 Å². The number of benzene rings is 2. The van der Waals surface area contributed by atoms with Gasteiger partial charge in [-0.2, -0.15) is 0 Å². The predicted molar refractivity (Wildman–Crippen MR) is 104 cm³/mol. The third-order valence-electron chi connectivity index (χ3n) is 4.46. The van der Waals surface area contributed by atoms with Gasteiger partial charge in [-0.1, -0.05) is 6.07 Å². The summed E-state index contributed by atoms with van der Waals surface area (Å²) in [4.78, 5) is 19.0. The van der Waals surface area contributed by atoms with Gasteiger partial charge in [0.1, 0.15) is 6.61 Å². The van der Waals surface area contributed by atoms with E-state index in [0.29, 0.717) is 17.1 Å². The first-order valence-corrected chi connectivity index (χ1v) is 8.89. The van der Waals surface area contributed by atoms with Crippen LogP contribution in [0.25, 0.3) is 0 Å². The van der Waals surface area contributed by atoms with E-state index in [0.717, 1.165) is 28.9 Å². The molecule has 0 atom stereocenters. The van der Waals surface area contributed by atoms with Crippen LogP contribution in [0.1, 0.15) is 34.0 Å². The van der Waals surface area contributed by atoms with Gasteiger partial charge in [0.2, 0.25) is 6.79 Å². The van der Waals surface area contributed by atoms with Crippen molar-refractivity contribution < 1.29 is 19.0 Å². The van der Waals surface area contributed by atoms with Crippen molar-refractivity contribution in [1.82, 2.24) is 4.90 Å². The summed E-state index contributed by atoms with van der Waals surface area (Å²) in [5.74, 6) is 1.03. The monoisotopic (exact) mass is 368 g/mol. The molecule has 27 heavy (non-hydrogen) atoms. The molecule has 2 aromatic carbocycles. The largest absolute Gasteiger partial charge is 0.457 e. The van der Waals surface area contributed by atoms with Crippen LogP contribution < -0.4 is 9.47 Å². The van der Waals surface area contributed by atoms with Crippen molar-refractivity contribution in [2.24, 2.45) is 4.99 Å². The van der Waals surface area contributed by atoms with Gasteiger partial charge < -0.3 is 19.1 Å². The highest BCUT2D eigenvalue weighted by Crippen LogP contribution is 2.32. The summed E-state index contributed by atoms with van der Waals surface area (Å²) < 4.78 is 16.1. The standard InChI is InChI=1S/C21H24N2O4/c1-5-23(4)12-22-18-9-14(2)17(8-15(18)3)21(24)25-11-16-6-7-19-20(10-16)27-13-26-19/h6-10,12H,5,11,13H2,1-4H3. The molecule has 0 radical (unpaired) electrons. The molecule has 1 heterocycles. The average Bonchev–Trinajstić information content (AvgIpc) is 3.13. The van der Waals surface area contributed by atoms with Crippen molar-refractivity contribution in [3.8, 4) is 11.5 Å². The number of carbonyl (C=O) groups excluding carboxylic acids is 1. The molecule has 0 amide bonds. The molecule has 2 aromatic rings. The fourth-order valence-electron chi connectivity index (χ4n) is 2.66. The Hall–Kier alpha value is -3.02. The number of nitrogens with zero attached hydrogens (tertiary/aromatic N) is 2. The molecule has 0 bridgehead atoms. The van der Waals surface area contributed by atoms with Gasteiger partial charge in [0.25, 0.3) is 0 Å². The zero-order valence-corrected chi connectivity index (χ0v) is 16.1. The van der Waals surface area contributed by atoms with Gasteiger partial charge in [0.15, 0.2) is 11.5 Å². The molecule has 0 spiro atoms. The smallest absolute Gasteiger partial charge is 0.338 e. The van der Waals surface area contributed by atoms with Gasteiger partial charge in [0.05, 0.1) is 17.6 Å². The van der Waals surface area contributed by atoms with Gasteiger partial charge in [-0.05, 0) is 61.7 Å². The van der Waals surface area contributed by atoms with Gasteiger partial charge in [-0.15, -0.1) is 0 Å². The SMILES string of the molecule is CCN(C)C=Nc1cc(C)c(C(=O)OCc2ccc3c(c2)OCO3)cc1C. The van der Waals surface area contributed by atoms with Crippen LogP contribution in [0.15, 0.2) is 35.3 Å². The number of ether oxygens (including phenoxy) is 3. The van der Waals surface area contributed by atoms with E-state index in [1.54, 1.807) is 6.34 Å². The summed E-state index contributed by atoms with van der Waals surface area (Å²) >= 11 is 0.